The third kappa shape index (κ3) is 2.60. The minimum absolute atomic E-state index is 0.0313. The predicted octanol–water partition coefficient (Wildman–Crippen LogP) is 1.46. The molecule has 2 aliphatic rings. The van der Waals surface area contributed by atoms with Crippen molar-refractivity contribution in [2.45, 2.75) is 18.9 Å². The van der Waals surface area contributed by atoms with Crippen LogP contribution in [-0.4, -0.2) is 61.6 Å². The van der Waals surface area contributed by atoms with Crippen LogP contribution in [0.1, 0.15) is 23.4 Å². The van der Waals surface area contributed by atoms with E-state index < -0.39 is 0 Å². The zero-order chi connectivity index (χ0) is 13.9. The van der Waals surface area contributed by atoms with Gasteiger partial charge in [0.25, 0.3) is 5.91 Å². The van der Waals surface area contributed by atoms with Crippen molar-refractivity contribution in [2.75, 3.05) is 39.9 Å². The van der Waals surface area contributed by atoms with Gasteiger partial charge in [-0.1, -0.05) is 0 Å². The Labute approximate surface area is 119 Å². The molecule has 3 rings (SSSR count). The second kappa shape index (κ2) is 5.97. The minimum Gasteiger partial charge on any atom is -0.459 e. The van der Waals surface area contributed by atoms with Crippen LogP contribution < -0.4 is 0 Å². The molecule has 0 radical (unpaired) electrons. The predicted molar refractivity (Wildman–Crippen MR) is 74.6 cm³/mol. The molecule has 1 aromatic heterocycles. The number of fused-ring (bicyclic) bond motifs is 1. The highest BCUT2D eigenvalue weighted by Crippen LogP contribution is 2.31. The molecular formula is C15H22N2O3. The molecule has 0 saturated carbocycles. The average Bonchev–Trinajstić information content (AvgIpc) is 3.13. The number of nitrogens with zero attached hydrogens (tertiary/aromatic N) is 2. The van der Waals surface area contributed by atoms with E-state index in [0.29, 0.717) is 17.7 Å². The summed E-state index contributed by atoms with van der Waals surface area (Å²) in [4.78, 5) is 16.8. The first-order chi connectivity index (χ1) is 9.79. The second-order valence-corrected chi connectivity index (χ2v) is 5.66. The van der Waals surface area contributed by atoms with E-state index in [2.05, 4.69) is 4.90 Å². The first-order valence-electron chi connectivity index (χ1n) is 7.35. The van der Waals surface area contributed by atoms with Crippen molar-refractivity contribution in [1.29, 1.82) is 0 Å². The van der Waals surface area contributed by atoms with E-state index in [1.807, 2.05) is 4.90 Å². The third-order valence-electron chi connectivity index (χ3n) is 4.55. The molecule has 2 fully saturated rings. The maximum atomic E-state index is 12.3. The number of ether oxygens (including phenoxy) is 1. The zero-order valence-corrected chi connectivity index (χ0v) is 12.0. The Morgan fingerprint density at radius 2 is 2.35 bits per heavy atom. The second-order valence-electron chi connectivity index (χ2n) is 5.66. The Bertz CT molecular complexity index is 446. The van der Waals surface area contributed by atoms with Crippen LogP contribution in [0.5, 0.6) is 0 Å². The summed E-state index contributed by atoms with van der Waals surface area (Å²) in [5.41, 5.74) is 0. The Morgan fingerprint density at radius 1 is 1.45 bits per heavy atom. The lowest BCUT2D eigenvalue weighted by atomic mass is 9.92. The summed E-state index contributed by atoms with van der Waals surface area (Å²) < 4.78 is 10.4. The monoisotopic (exact) mass is 278 g/mol. The highest BCUT2D eigenvalue weighted by atomic mass is 16.5. The van der Waals surface area contributed by atoms with E-state index in [1.165, 1.54) is 6.42 Å². The number of hydrogen-bond acceptors (Lipinski definition) is 4. The van der Waals surface area contributed by atoms with Gasteiger partial charge in [0.15, 0.2) is 5.76 Å². The van der Waals surface area contributed by atoms with E-state index >= 15 is 0 Å². The molecule has 0 spiro atoms. The van der Waals surface area contributed by atoms with E-state index in [1.54, 1.807) is 25.5 Å². The summed E-state index contributed by atoms with van der Waals surface area (Å²) >= 11 is 0. The fraction of sp³-hybridized carbons (Fsp3) is 0.667. The Kier molecular flexibility index (Phi) is 4.08. The maximum Gasteiger partial charge on any atom is 0.289 e. The van der Waals surface area contributed by atoms with Gasteiger partial charge in [-0.05, 0) is 37.4 Å². The van der Waals surface area contributed by atoms with E-state index in [0.717, 1.165) is 39.2 Å². The van der Waals surface area contributed by atoms with Crippen molar-refractivity contribution < 1.29 is 13.9 Å². The first kappa shape index (κ1) is 13.6. The molecule has 2 aliphatic heterocycles. The van der Waals surface area contributed by atoms with Gasteiger partial charge in [-0.3, -0.25) is 9.69 Å². The van der Waals surface area contributed by atoms with Gasteiger partial charge in [-0.25, -0.2) is 0 Å². The normalized spacial score (nSPS) is 26.8. The molecule has 0 N–H and O–H groups in total. The van der Waals surface area contributed by atoms with Crippen molar-refractivity contribution in [3.05, 3.63) is 24.2 Å². The lowest BCUT2D eigenvalue weighted by Gasteiger charge is -2.37. The molecule has 2 atom stereocenters. The largest absolute Gasteiger partial charge is 0.459 e. The number of methoxy groups -OCH3 is 1. The zero-order valence-electron chi connectivity index (χ0n) is 12.0. The quantitative estimate of drug-likeness (QED) is 0.836. The van der Waals surface area contributed by atoms with Gasteiger partial charge in [0.05, 0.1) is 12.9 Å². The van der Waals surface area contributed by atoms with Gasteiger partial charge in [0.2, 0.25) is 0 Å². The van der Waals surface area contributed by atoms with E-state index in [4.69, 9.17) is 9.15 Å². The van der Waals surface area contributed by atoms with Gasteiger partial charge in [0.1, 0.15) is 0 Å². The first-order valence-corrected chi connectivity index (χ1v) is 7.35. The fourth-order valence-corrected chi connectivity index (χ4v) is 3.51. The minimum atomic E-state index is 0.0313. The molecule has 0 aromatic carbocycles. The van der Waals surface area contributed by atoms with Crippen LogP contribution in [0.25, 0.3) is 0 Å². The number of piperidine rings is 1. The summed E-state index contributed by atoms with van der Waals surface area (Å²) in [5, 5.41) is 0. The molecule has 1 amide bonds. The SMILES string of the molecule is COCCN1CC[C@@H]2CN(C(=O)c3ccco3)CC[C@H]21. The Morgan fingerprint density at radius 3 is 3.10 bits per heavy atom. The molecule has 5 nitrogen and oxygen atoms in total. The highest BCUT2D eigenvalue weighted by Gasteiger charge is 2.39. The van der Waals surface area contributed by atoms with Gasteiger partial charge >= 0.3 is 0 Å². The third-order valence-corrected chi connectivity index (χ3v) is 4.55. The molecule has 1 aromatic rings. The number of amides is 1. The molecule has 0 bridgehead atoms. The van der Waals surface area contributed by atoms with Crippen molar-refractivity contribution in [3.63, 3.8) is 0 Å². The standard InChI is InChI=1S/C15H22N2O3/c1-19-10-8-16-6-4-12-11-17(7-5-13(12)16)15(18)14-3-2-9-20-14/h2-3,9,12-13H,4-8,10-11H2,1H3/t12-,13-/m1/s1. The van der Waals surface area contributed by atoms with Crippen molar-refractivity contribution in [2.24, 2.45) is 5.92 Å². The summed E-state index contributed by atoms with van der Waals surface area (Å²) in [7, 11) is 1.75. The van der Waals surface area contributed by atoms with Gasteiger partial charge in [-0.2, -0.15) is 0 Å². The van der Waals surface area contributed by atoms with Crippen LogP contribution in [0.2, 0.25) is 0 Å². The number of furan rings is 1. The molecule has 0 unspecified atom stereocenters. The lowest BCUT2D eigenvalue weighted by molar-refractivity contribution is 0.0539. The summed E-state index contributed by atoms with van der Waals surface area (Å²) in [5.74, 6) is 1.08. The summed E-state index contributed by atoms with van der Waals surface area (Å²) in [6.07, 6.45) is 3.79. The number of carbonyl (C=O) groups excluding carboxylic acids is 1. The molecule has 0 aliphatic carbocycles. The van der Waals surface area contributed by atoms with Crippen LogP contribution in [0.3, 0.4) is 0 Å². The lowest BCUT2D eigenvalue weighted by Crippen LogP contribution is -2.48. The molecule has 2 saturated heterocycles. The number of rotatable bonds is 4. The van der Waals surface area contributed by atoms with Crippen LogP contribution in [0, 0.1) is 5.92 Å². The number of likely N-dealkylation sites (tertiary alicyclic amines) is 2. The molecule has 110 valence electrons. The molecular weight excluding hydrogens is 256 g/mol. The van der Waals surface area contributed by atoms with Gasteiger partial charge in [-0.15, -0.1) is 0 Å². The Hall–Kier alpha value is -1.33. The average molecular weight is 278 g/mol. The Balaban J connectivity index is 1.59. The smallest absolute Gasteiger partial charge is 0.289 e. The van der Waals surface area contributed by atoms with Crippen molar-refractivity contribution in [1.82, 2.24) is 9.80 Å². The van der Waals surface area contributed by atoms with Crippen LogP contribution in [0.15, 0.2) is 22.8 Å². The van der Waals surface area contributed by atoms with E-state index in [9.17, 15) is 4.79 Å². The summed E-state index contributed by atoms with van der Waals surface area (Å²) in [6, 6.07) is 4.13. The fourth-order valence-electron chi connectivity index (χ4n) is 3.51. The van der Waals surface area contributed by atoms with Crippen LogP contribution in [-0.2, 0) is 4.74 Å². The van der Waals surface area contributed by atoms with Gasteiger partial charge in [0, 0.05) is 32.8 Å². The van der Waals surface area contributed by atoms with Crippen molar-refractivity contribution >= 4 is 5.91 Å². The topological polar surface area (TPSA) is 45.9 Å². The molecule has 5 heteroatoms. The van der Waals surface area contributed by atoms with Crippen LogP contribution >= 0.6 is 0 Å². The van der Waals surface area contributed by atoms with E-state index in [-0.39, 0.29) is 5.91 Å². The number of hydrogen-bond donors (Lipinski definition) is 0. The maximum absolute atomic E-state index is 12.3. The van der Waals surface area contributed by atoms with Gasteiger partial charge < -0.3 is 14.1 Å². The van der Waals surface area contributed by atoms with Crippen molar-refractivity contribution in [3.8, 4) is 0 Å². The highest BCUT2D eigenvalue weighted by molar-refractivity contribution is 5.91. The number of carbonyl (C=O) groups is 1. The van der Waals surface area contributed by atoms with Crippen LogP contribution in [0.4, 0.5) is 0 Å². The molecule has 20 heavy (non-hydrogen) atoms. The molecule has 3 heterocycles. The summed E-state index contributed by atoms with van der Waals surface area (Å²) in [6.45, 7) is 4.60.